The van der Waals surface area contributed by atoms with E-state index in [1.165, 1.54) is 54.9 Å². The average molecular weight is 283 g/mol. The molecule has 0 fully saturated rings. The molecule has 0 saturated carbocycles. The molecule has 0 amide bonds. The molecule has 0 aromatic heterocycles. The molecule has 1 nitrogen and oxygen atoms in total. The molecule has 0 saturated heterocycles. The molecule has 2 aromatic carbocycles. The number of aryl methyl sites for hydroxylation is 1. The van der Waals surface area contributed by atoms with E-state index < -0.39 is 0 Å². The lowest BCUT2D eigenvalue weighted by atomic mass is 9.97. The highest BCUT2D eigenvalue weighted by molar-refractivity contribution is 5.85. The third-order valence-electron chi connectivity index (χ3n) is 4.20. The molecule has 0 aliphatic rings. The maximum atomic E-state index is 3.69. The quantitative estimate of drug-likeness (QED) is 0.656. The van der Waals surface area contributed by atoms with Crippen LogP contribution >= 0.6 is 0 Å². The Bertz CT molecular complexity index is 527. The van der Waals surface area contributed by atoms with Crippen molar-refractivity contribution in [1.82, 2.24) is 5.32 Å². The molecule has 0 bridgehead atoms. The number of benzene rings is 2. The normalized spacial score (nSPS) is 12.7. The SMILES string of the molecule is CCCNC(CCC)CCCc1cccc2ccccc12. The van der Waals surface area contributed by atoms with Crippen molar-refractivity contribution in [2.45, 2.75) is 58.4 Å². The van der Waals surface area contributed by atoms with E-state index in [1.807, 2.05) is 0 Å². The second kappa shape index (κ2) is 8.84. The van der Waals surface area contributed by atoms with Crippen LogP contribution in [0.15, 0.2) is 42.5 Å². The summed E-state index contributed by atoms with van der Waals surface area (Å²) in [6, 6.07) is 16.1. The molecule has 1 heteroatoms. The van der Waals surface area contributed by atoms with Crippen LogP contribution in [0.2, 0.25) is 0 Å². The van der Waals surface area contributed by atoms with Crippen molar-refractivity contribution in [2.24, 2.45) is 0 Å². The zero-order valence-electron chi connectivity index (χ0n) is 13.6. The van der Waals surface area contributed by atoms with Crippen molar-refractivity contribution in [3.05, 3.63) is 48.0 Å². The minimum atomic E-state index is 0.699. The lowest BCUT2D eigenvalue weighted by molar-refractivity contribution is 0.438. The van der Waals surface area contributed by atoms with Crippen LogP contribution in [0.1, 0.15) is 51.5 Å². The van der Waals surface area contributed by atoms with Crippen LogP contribution in [0.4, 0.5) is 0 Å². The molecular weight excluding hydrogens is 254 g/mol. The molecule has 2 aromatic rings. The summed E-state index contributed by atoms with van der Waals surface area (Å²) in [5.74, 6) is 0. The summed E-state index contributed by atoms with van der Waals surface area (Å²) in [6.07, 6.45) is 7.55. The number of hydrogen-bond donors (Lipinski definition) is 1. The van der Waals surface area contributed by atoms with Crippen LogP contribution in [0.3, 0.4) is 0 Å². The maximum absolute atomic E-state index is 3.69. The lowest BCUT2D eigenvalue weighted by Gasteiger charge is -2.18. The molecule has 0 aliphatic heterocycles. The van der Waals surface area contributed by atoms with Gasteiger partial charge in [0.25, 0.3) is 0 Å². The van der Waals surface area contributed by atoms with Crippen LogP contribution in [0, 0.1) is 0 Å². The van der Waals surface area contributed by atoms with Gasteiger partial charge in [-0.15, -0.1) is 0 Å². The molecule has 114 valence electrons. The van der Waals surface area contributed by atoms with E-state index in [9.17, 15) is 0 Å². The Labute approximate surface area is 129 Å². The first-order valence-electron chi connectivity index (χ1n) is 8.55. The molecule has 1 atom stereocenters. The topological polar surface area (TPSA) is 12.0 Å². The lowest BCUT2D eigenvalue weighted by Crippen LogP contribution is -2.29. The van der Waals surface area contributed by atoms with Crippen molar-refractivity contribution in [1.29, 1.82) is 0 Å². The van der Waals surface area contributed by atoms with E-state index in [0.29, 0.717) is 6.04 Å². The van der Waals surface area contributed by atoms with Gasteiger partial charge in [-0.2, -0.15) is 0 Å². The predicted octanol–water partition coefficient (Wildman–Crippen LogP) is 5.33. The van der Waals surface area contributed by atoms with Gasteiger partial charge in [0.1, 0.15) is 0 Å². The van der Waals surface area contributed by atoms with Gasteiger partial charge in [0.15, 0.2) is 0 Å². The summed E-state index contributed by atoms with van der Waals surface area (Å²) in [5.41, 5.74) is 1.50. The van der Waals surface area contributed by atoms with Gasteiger partial charge in [-0.25, -0.2) is 0 Å². The van der Waals surface area contributed by atoms with E-state index in [0.717, 1.165) is 6.54 Å². The van der Waals surface area contributed by atoms with Crippen molar-refractivity contribution in [3.8, 4) is 0 Å². The molecule has 0 radical (unpaired) electrons. The maximum Gasteiger partial charge on any atom is 0.00670 e. The summed E-state index contributed by atoms with van der Waals surface area (Å²) in [5, 5.41) is 6.48. The van der Waals surface area contributed by atoms with Gasteiger partial charge in [-0.05, 0) is 55.0 Å². The third-order valence-corrected chi connectivity index (χ3v) is 4.20. The first-order valence-corrected chi connectivity index (χ1v) is 8.55. The molecule has 0 heterocycles. The van der Waals surface area contributed by atoms with Gasteiger partial charge >= 0.3 is 0 Å². The Hall–Kier alpha value is -1.34. The van der Waals surface area contributed by atoms with Gasteiger partial charge in [-0.1, -0.05) is 62.7 Å². The molecule has 2 rings (SSSR count). The number of nitrogens with one attached hydrogen (secondary N) is 1. The second-order valence-electron chi connectivity index (χ2n) is 5.97. The summed E-state index contributed by atoms with van der Waals surface area (Å²) in [7, 11) is 0. The zero-order valence-corrected chi connectivity index (χ0v) is 13.6. The Morgan fingerprint density at radius 2 is 1.71 bits per heavy atom. The van der Waals surface area contributed by atoms with Crippen molar-refractivity contribution in [2.75, 3.05) is 6.54 Å². The smallest absolute Gasteiger partial charge is 0.00670 e. The van der Waals surface area contributed by atoms with Gasteiger partial charge in [-0.3, -0.25) is 0 Å². The Morgan fingerprint density at radius 3 is 2.52 bits per heavy atom. The van der Waals surface area contributed by atoms with Gasteiger partial charge in [0.05, 0.1) is 0 Å². The largest absolute Gasteiger partial charge is 0.314 e. The fourth-order valence-electron chi connectivity index (χ4n) is 3.09. The van der Waals surface area contributed by atoms with Crippen molar-refractivity contribution >= 4 is 10.8 Å². The van der Waals surface area contributed by atoms with Crippen LogP contribution in [-0.4, -0.2) is 12.6 Å². The van der Waals surface area contributed by atoms with Crippen LogP contribution in [0.5, 0.6) is 0 Å². The Morgan fingerprint density at radius 1 is 0.905 bits per heavy atom. The van der Waals surface area contributed by atoms with E-state index in [-0.39, 0.29) is 0 Å². The fourth-order valence-corrected chi connectivity index (χ4v) is 3.09. The minimum absolute atomic E-state index is 0.699. The monoisotopic (exact) mass is 283 g/mol. The third kappa shape index (κ3) is 4.86. The summed E-state index contributed by atoms with van der Waals surface area (Å²) in [4.78, 5) is 0. The summed E-state index contributed by atoms with van der Waals surface area (Å²) < 4.78 is 0. The van der Waals surface area contributed by atoms with Crippen LogP contribution in [-0.2, 0) is 6.42 Å². The van der Waals surface area contributed by atoms with Crippen molar-refractivity contribution in [3.63, 3.8) is 0 Å². The van der Waals surface area contributed by atoms with Gasteiger partial charge < -0.3 is 5.32 Å². The van der Waals surface area contributed by atoms with E-state index >= 15 is 0 Å². The average Bonchev–Trinajstić information content (AvgIpc) is 2.53. The Kier molecular flexibility index (Phi) is 6.75. The molecular formula is C20H29N. The first kappa shape index (κ1) is 16.0. The minimum Gasteiger partial charge on any atom is -0.314 e. The zero-order chi connectivity index (χ0) is 14.9. The highest BCUT2D eigenvalue weighted by Crippen LogP contribution is 2.20. The van der Waals surface area contributed by atoms with Gasteiger partial charge in [0, 0.05) is 6.04 Å². The van der Waals surface area contributed by atoms with Crippen molar-refractivity contribution < 1.29 is 0 Å². The molecule has 0 spiro atoms. The van der Waals surface area contributed by atoms with Crippen LogP contribution < -0.4 is 5.32 Å². The Balaban J connectivity index is 1.91. The fraction of sp³-hybridized carbons (Fsp3) is 0.500. The molecule has 21 heavy (non-hydrogen) atoms. The van der Waals surface area contributed by atoms with E-state index in [4.69, 9.17) is 0 Å². The first-order chi connectivity index (χ1) is 10.3. The summed E-state index contributed by atoms with van der Waals surface area (Å²) in [6.45, 7) is 5.68. The number of hydrogen-bond acceptors (Lipinski definition) is 1. The molecule has 1 N–H and O–H groups in total. The van der Waals surface area contributed by atoms with E-state index in [2.05, 4.69) is 61.6 Å². The van der Waals surface area contributed by atoms with E-state index in [1.54, 1.807) is 0 Å². The number of fused-ring (bicyclic) bond motifs is 1. The highest BCUT2D eigenvalue weighted by atomic mass is 14.9. The van der Waals surface area contributed by atoms with Gasteiger partial charge in [0.2, 0.25) is 0 Å². The van der Waals surface area contributed by atoms with Crippen LogP contribution in [0.25, 0.3) is 10.8 Å². The predicted molar refractivity (Wildman–Crippen MR) is 93.9 cm³/mol. The summed E-state index contributed by atoms with van der Waals surface area (Å²) >= 11 is 0. The molecule has 1 unspecified atom stereocenters. The molecule has 0 aliphatic carbocycles. The second-order valence-corrected chi connectivity index (χ2v) is 5.97. The highest BCUT2D eigenvalue weighted by Gasteiger charge is 2.07. The number of rotatable bonds is 9. The standard InChI is InChI=1S/C20H29N/c1-3-9-19(21-16-4-2)14-8-13-18-12-7-11-17-10-5-6-15-20(17)18/h5-7,10-12,15,19,21H,3-4,8-9,13-14,16H2,1-2H3.